The Balaban J connectivity index is 2.08. The molecule has 0 spiro atoms. The summed E-state index contributed by atoms with van der Waals surface area (Å²) in [6, 6.07) is 12.7. The molecule has 1 aromatic heterocycles. The molecule has 3 rings (SSSR count). The number of aromatic nitrogens is 1. The van der Waals surface area contributed by atoms with Gasteiger partial charge in [-0.15, -0.1) is 0 Å². The van der Waals surface area contributed by atoms with Gasteiger partial charge in [-0.1, -0.05) is 17.7 Å². The average molecular weight is 301 g/mol. The highest BCUT2D eigenvalue weighted by atomic mass is 35.5. The molecule has 1 heterocycles. The number of nitrogens with zero attached hydrogens (tertiary/aromatic N) is 1. The number of hydrogen-bond acceptors (Lipinski definition) is 4. The Morgan fingerprint density at radius 3 is 2.67 bits per heavy atom. The molecule has 3 aromatic rings. The number of benzene rings is 2. The van der Waals surface area contributed by atoms with Gasteiger partial charge in [0.2, 0.25) is 5.88 Å². The lowest BCUT2D eigenvalue weighted by Crippen LogP contribution is -1.93. The maximum atomic E-state index is 6.13. The summed E-state index contributed by atoms with van der Waals surface area (Å²) in [5.74, 6) is 1.75. The van der Waals surface area contributed by atoms with Gasteiger partial charge in [0.15, 0.2) is 0 Å². The fourth-order valence-electron chi connectivity index (χ4n) is 2.11. The van der Waals surface area contributed by atoms with Crippen LogP contribution in [0.1, 0.15) is 0 Å². The Kier molecular flexibility index (Phi) is 3.54. The van der Waals surface area contributed by atoms with Crippen molar-refractivity contribution in [3.8, 4) is 17.4 Å². The van der Waals surface area contributed by atoms with Gasteiger partial charge in [0.25, 0.3) is 0 Å². The fraction of sp³-hybridized carbons (Fsp3) is 0.0625. The number of halogens is 1. The zero-order valence-corrected chi connectivity index (χ0v) is 12.1. The summed E-state index contributed by atoms with van der Waals surface area (Å²) in [4.78, 5) is 4.27. The highest BCUT2D eigenvalue weighted by molar-refractivity contribution is 6.32. The molecular weight excluding hydrogens is 288 g/mol. The first-order valence-electron chi connectivity index (χ1n) is 6.33. The average Bonchev–Trinajstić information content (AvgIpc) is 2.49. The van der Waals surface area contributed by atoms with E-state index in [1.54, 1.807) is 31.5 Å². The molecular formula is C16H13ClN2O2. The topological polar surface area (TPSA) is 57.4 Å². The van der Waals surface area contributed by atoms with Crippen LogP contribution in [0, 0.1) is 0 Å². The van der Waals surface area contributed by atoms with E-state index in [1.807, 2.05) is 24.3 Å². The first kappa shape index (κ1) is 13.5. The van der Waals surface area contributed by atoms with E-state index in [0.717, 1.165) is 16.5 Å². The third kappa shape index (κ3) is 2.58. The molecule has 0 aliphatic carbocycles. The molecule has 0 atom stereocenters. The van der Waals surface area contributed by atoms with Crippen molar-refractivity contribution in [1.29, 1.82) is 0 Å². The fourth-order valence-corrected chi connectivity index (χ4v) is 2.34. The molecule has 21 heavy (non-hydrogen) atoms. The predicted octanol–water partition coefficient (Wildman–Crippen LogP) is 4.27. The Hall–Kier alpha value is -2.46. The molecule has 2 N–H and O–H groups in total. The van der Waals surface area contributed by atoms with Gasteiger partial charge in [0.1, 0.15) is 11.5 Å². The van der Waals surface area contributed by atoms with E-state index >= 15 is 0 Å². The monoisotopic (exact) mass is 300 g/mol. The van der Waals surface area contributed by atoms with Crippen LogP contribution in [0.2, 0.25) is 5.02 Å². The van der Waals surface area contributed by atoms with E-state index in [4.69, 9.17) is 26.8 Å². The van der Waals surface area contributed by atoms with Crippen molar-refractivity contribution >= 4 is 28.1 Å². The number of nitrogens with two attached hydrogens (primary N) is 1. The van der Waals surface area contributed by atoms with E-state index in [1.165, 1.54) is 0 Å². The van der Waals surface area contributed by atoms with E-state index in [0.29, 0.717) is 22.3 Å². The van der Waals surface area contributed by atoms with Gasteiger partial charge < -0.3 is 15.2 Å². The van der Waals surface area contributed by atoms with E-state index in [9.17, 15) is 0 Å². The summed E-state index contributed by atoms with van der Waals surface area (Å²) in [7, 11) is 1.63. The van der Waals surface area contributed by atoms with Crippen molar-refractivity contribution in [2.45, 2.75) is 0 Å². The van der Waals surface area contributed by atoms with Crippen molar-refractivity contribution in [2.75, 3.05) is 12.8 Å². The largest absolute Gasteiger partial charge is 0.496 e. The lowest BCUT2D eigenvalue weighted by molar-refractivity contribution is 0.419. The first-order chi connectivity index (χ1) is 10.2. The lowest BCUT2D eigenvalue weighted by Gasteiger charge is -2.11. The van der Waals surface area contributed by atoms with Gasteiger partial charge in [-0.3, -0.25) is 0 Å². The van der Waals surface area contributed by atoms with Crippen molar-refractivity contribution in [2.24, 2.45) is 0 Å². The van der Waals surface area contributed by atoms with Crippen LogP contribution in [0.25, 0.3) is 10.8 Å². The Morgan fingerprint density at radius 1 is 1.05 bits per heavy atom. The van der Waals surface area contributed by atoms with Crippen LogP contribution in [-0.2, 0) is 0 Å². The molecule has 0 radical (unpaired) electrons. The minimum atomic E-state index is 0.441. The van der Waals surface area contributed by atoms with Crippen molar-refractivity contribution < 1.29 is 9.47 Å². The van der Waals surface area contributed by atoms with Gasteiger partial charge in [-0.2, -0.15) is 0 Å². The van der Waals surface area contributed by atoms with Crippen molar-refractivity contribution in [1.82, 2.24) is 4.98 Å². The highest BCUT2D eigenvalue weighted by Gasteiger charge is 2.10. The SMILES string of the molecule is COc1cccc2c(Oc3ccc(N)cc3Cl)nccc12. The zero-order valence-electron chi connectivity index (χ0n) is 11.3. The second-order valence-corrected chi connectivity index (χ2v) is 4.87. The summed E-state index contributed by atoms with van der Waals surface area (Å²) >= 11 is 6.13. The number of rotatable bonds is 3. The van der Waals surface area contributed by atoms with Crippen LogP contribution in [0.15, 0.2) is 48.7 Å². The zero-order chi connectivity index (χ0) is 14.8. The normalized spacial score (nSPS) is 10.6. The smallest absolute Gasteiger partial charge is 0.227 e. The standard InChI is InChI=1S/C16H13ClN2O2/c1-20-14-4-2-3-12-11(14)7-8-19-16(12)21-15-6-5-10(18)9-13(15)17/h2-9H,18H2,1H3. The van der Waals surface area contributed by atoms with E-state index in [2.05, 4.69) is 4.98 Å². The molecule has 2 aromatic carbocycles. The summed E-state index contributed by atoms with van der Waals surface area (Å²) in [5.41, 5.74) is 6.26. The molecule has 5 heteroatoms. The maximum absolute atomic E-state index is 6.13. The van der Waals surface area contributed by atoms with Gasteiger partial charge in [-0.05, 0) is 36.4 Å². The first-order valence-corrected chi connectivity index (χ1v) is 6.71. The minimum absolute atomic E-state index is 0.441. The second kappa shape index (κ2) is 5.50. The van der Waals surface area contributed by atoms with Gasteiger partial charge >= 0.3 is 0 Å². The number of methoxy groups -OCH3 is 1. The van der Waals surface area contributed by atoms with E-state index in [-0.39, 0.29) is 0 Å². The van der Waals surface area contributed by atoms with Crippen LogP contribution < -0.4 is 15.2 Å². The number of nitrogen functional groups attached to an aromatic ring is 1. The molecule has 106 valence electrons. The second-order valence-electron chi connectivity index (χ2n) is 4.46. The highest BCUT2D eigenvalue weighted by Crippen LogP contribution is 2.35. The number of hydrogen-bond donors (Lipinski definition) is 1. The Bertz CT molecular complexity index is 805. The van der Waals surface area contributed by atoms with Crippen LogP contribution in [0.3, 0.4) is 0 Å². The molecule has 0 fully saturated rings. The number of ether oxygens (including phenoxy) is 2. The van der Waals surface area contributed by atoms with Crippen LogP contribution in [0.5, 0.6) is 17.4 Å². The van der Waals surface area contributed by atoms with Gasteiger partial charge in [0, 0.05) is 22.7 Å². The predicted molar refractivity (Wildman–Crippen MR) is 84.2 cm³/mol. The summed E-state index contributed by atoms with van der Waals surface area (Å²) in [6.07, 6.45) is 1.67. The quantitative estimate of drug-likeness (QED) is 0.734. The summed E-state index contributed by atoms with van der Waals surface area (Å²) in [6.45, 7) is 0. The molecule has 4 nitrogen and oxygen atoms in total. The maximum Gasteiger partial charge on any atom is 0.227 e. The minimum Gasteiger partial charge on any atom is -0.496 e. The molecule has 0 unspecified atom stereocenters. The molecule has 0 saturated carbocycles. The Labute approximate surface area is 127 Å². The van der Waals surface area contributed by atoms with Gasteiger partial charge in [0.05, 0.1) is 12.1 Å². The van der Waals surface area contributed by atoms with Crippen LogP contribution >= 0.6 is 11.6 Å². The third-order valence-corrected chi connectivity index (χ3v) is 3.41. The van der Waals surface area contributed by atoms with E-state index < -0.39 is 0 Å². The molecule has 0 amide bonds. The number of pyridine rings is 1. The van der Waals surface area contributed by atoms with Crippen molar-refractivity contribution in [3.63, 3.8) is 0 Å². The number of anilines is 1. The molecule has 0 aliphatic heterocycles. The van der Waals surface area contributed by atoms with Crippen LogP contribution in [0.4, 0.5) is 5.69 Å². The van der Waals surface area contributed by atoms with Crippen LogP contribution in [-0.4, -0.2) is 12.1 Å². The summed E-state index contributed by atoms with van der Waals surface area (Å²) in [5, 5.41) is 2.22. The molecule has 0 bridgehead atoms. The summed E-state index contributed by atoms with van der Waals surface area (Å²) < 4.78 is 11.2. The lowest BCUT2D eigenvalue weighted by atomic mass is 10.1. The molecule has 0 aliphatic rings. The van der Waals surface area contributed by atoms with Crippen molar-refractivity contribution in [3.05, 3.63) is 53.7 Å². The molecule has 0 saturated heterocycles. The number of fused-ring (bicyclic) bond motifs is 1. The Morgan fingerprint density at radius 2 is 1.90 bits per heavy atom. The third-order valence-electron chi connectivity index (χ3n) is 3.11. The van der Waals surface area contributed by atoms with Gasteiger partial charge in [-0.25, -0.2) is 4.98 Å².